The number of hydrogen-bond donors (Lipinski definition) is 0. The lowest BCUT2D eigenvalue weighted by Gasteiger charge is -2.17. The van der Waals surface area contributed by atoms with Gasteiger partial charge in [-0.3, -0.25) is 4.79 Å². The Bertz CT molecular complexity index is 871. The maximum absolute atomic E-state index is 13.0. The van der Waals surface area contributed by atoms with Gasteiger partial charge in [0.2, 0.25) is 0 Å². The van der Waals surface area contributed by atoms with Gasteiger partial charge in [-0.2, -0.15) is 0 Å². The second-order valence-electron chi connectivity index (χ2n) is 5.58. The van der Waals surface area contributed by atoms with Crippen LogP contribution in [0.2, 0.25) is 5.02 Å². The van der Waals surface area contributed by atoms with Gasteiger partial charge in [-0.1, -0.05) is 29.8 Å². The summed E-state index contributed by atoms with van der Waals surface area (Å²) in [6.45, 7) is 0.418. The minimum absolute atomic E-state index is 0.0934. The third-order valence-corrected chi connectivity index (χ3v) is 4.14. The Hall–Kier alpha value is -2.33. The molecule has 0 atom stereocenters. The van der Waals surface area contributed by atoms with Crippen LogP contribution in [0.3, 0.4) is 0 Å². The molecule has 2 aromatic carbocycles. The maximum atomic E-state index is 13.0. The van der Waals surface area contributed by atoms with E-state index in [0.29, 0.717) is 17.3 Å². The highest BCUT2D eigenvalue weighted by Crippen LogP contribution is 2.23. The van der Waals surface area contributed by atoms with Crippen LogP contribution in [0.1, 0.15) is 16.1 Å². The van der Waals surface area contributed by atoms with Crippen LogP contribution in [0, 0.1) is 5.82 Å². The summed E-state index contributed by atoms with van der Waals surface area (Å²) < 4.78 is 14.8. The number of carbonyl (C=O) groups excluding carboxylic acids is 1. The van der Waals surface area contributed by atoms with Crippen LogP contribution in [0.4, 0.5) is 4.39 Å². The number of benzene rings is 2. The highest BCUT2D eigenvalue weighted by molar-refractivity contribution is 6.31. The topological polar surface area (TPSA) is 25.2 Å². The second-order valence-corrected chi connectivity index (χ2v) is 6.02. The molecular weight excluding hydrogens is 315 g/mol. The normalized spacial score (nSPS) is 11.0. The molecule has 0 saturated heterocycles. The fourth-order valence-corrected chi connectivity index (χ4v) is 2.81. The average Bonchev–Trinajstić information content (AvgIpc) is 2.85. The second kappa shape index (κ2) is 6.05. The van der Waals surface area contributed by atoms with Crippen molar-refractivity contribution in [2.45, 2.75) is 6.54 Å². The number of carbonyl (C=O) groups is 1. The summed E-state index contributed by atoms with van der Waals surface area (Å²) in [6, 6.07) is 13.6. The first-order chi connectivity index (χ1) is 11.0. The van der Waals surface area contributed by atoms with Crippen molar-refractivity contribution in [2.75, 3.05) is 7.05 Å². The summed E-state index contributed by atoms with van der Waals surface area (Å²) in [7, 11) is 3.58. The average molecular weight is 331 g/mol. The zero-order chi connectivity index (χ0) is 16.6. The smallest absolute Gasteiger partial charge is 0.270 e. The minimum Gasteiger partial charge on any atom is -0.340 e. The number of nitrogens with zero attached hydrogens (tertiary/aromatic N) is 2. The van der Waals surface area contributed by atoms with E-state index in [1.165, 1.54) is 12.1 Å². The molecule has 0 N–H and O–H groups in total. The van der Waals surface area contributed by atoms with Gasteiger partial charge in [0, 0.05) is 36.6 Å². The Labute approximate surface area is 138 Å². The quantitative estimate of drug-likeness (QED) is 0.705. The van der Waals surface area contributed by atoms with Gasteiger partial charge in [-0.15, -0.1) is 0 Å². The molecule has 0 spiro atoms. The number of aryl methyl sites for hydroxylation is 1. The van der Waals surface area contributed by atoms with Crippen molar-refractivity contribution in [3.8, 4) is 0 Å². The van der Waals surface area contributed by atoms with Gasteiger partial charge in [0.15, 0.2) is 0 Å². The number of fused-ring (bicyclic) bond motifs is 1. The van der Waals surface area contributed by atoms with E-state index >= 15 is 0 Å². The lowest BCUT2D eigenvalue weighted by atomic mass is 10.2. The van der Waals surface area contributed by atoms with Crippen molar-refractivity contribution in [1.82, 2.24) is 9.47 Å². The molecule has 0 aliphatic heterocycles. The molecule has 0 radical (unpaired) electrons. The lowest BCUT2D eigenvalue weighted by molar-refractivity contribution is 0.0776. The molecule has 1 heterocycles. The summed E-state index contributed by atoms with van der Waals surface area (Å²) >= 11 is 6.02. The SMILES string of the molecule is CN(Cc1ccc(F)cc1)C(=O)c1cc2ccc(Cl)cc2n1C. The molecule has 1 amide bonds. The predicted octanol–water partition coefficient (Wildman–Crippen LogP) is 4.24. The first-order valence-electron chi connectivity index (χ1n) is 7.20. The first-order valence-corrected chi connectivity index (χ1v) is 7.58. The zero-order valence-corrected chi connectivity index (χ0v) is 13.6. The Morgan fingerprint density at radius 3 is 2.57 bits per heavy atom. The van der Waals surface area contributed by atoms with E-state index in [4.69, 9.17) is 11.6 Å². The fraction of sp³-hybridized carbons (Fsp3) is 0.167. The Morgan fingerprint density at radius 1 is 1.17 bits per heavy atom. The van der Waals surface area contributed by atoms with Gasteiger partial charge >= 0.3 is 0 Å². The predicted molar refractivity (Wildman–Crippen MR) is 90.1 cm³/mol. The number of hydrogen-bond acceptors (Lipinski definition) is 1. The minimum atomic E-state index is -0.284. The number of amides is 1. The highest BCUT2D eigenvalue weighted by Gasteiger charge is 2.17. The van der Waals surface area contributed by atoms with E-state index in [1.54, 1.807) is 30.1 Å². The molecule has 5 heteroatoms. The van der Waals surface area contributed by atoms with E-state index in [-0.39, 0.29) is 11.7 Å². The van der Waals surface area contributed by atoms with Gasteiger partial charge in [0.1, 0.15) is 11.5 Å². The first kappa shape index (κ1) is 15.6. The van der Waals surface area contributed by atoms with Gasteiger partial charge in [-0.05, 0) is 35.9 Å². The maximum Gasteiger partial charge on any atom is 0.270 e. The van der Waals surface area contributed by atoms with Crippen LogP contribution >= 0.6 is 11.6 Å². The molecule has 0 bridgehead atoms. The molecule has 3 rings (SSSR count). The van der Waals surface area contributed by atoms with E-state index in [9.17, 15) is 9.18 Å². The summed E-state index contributed by atoms with van der Waals surface area (Å²) in [6.07, 6.45) is 0. The third-order valence-electron chi connectivity index (χ3n) is 3.91. The summed E-state index contributed by atoms with van der Waals surface area (Å²) in [4.78, 5) is 14.3. The molecule has 0 unspecified atom stereocenters. The van der Waals surface area contributed by atoms with Crippen molar-refractivity contribution in [3.05, 3.63) is 70.6 Å². The molecule has 1 aromatic heterocycles. The van der Waals surface area contributed by atoms with Gasteiger partial charge in [0.25, 0.3) is 5.91 Å². The van der Waals surface area contributed by atoms with E-state index in [1.807, 2.05) is 29.8 Å². The van der Waals surface area contributed by atoms with Gasteiger partial charge < -0.3 is 9.47 Å². The molecule has 0 aliphatic rings. The van der Waals surface area contributed by atoms with Crippen molar-refractivity contribution >= 4 is 28.4 Å². The van der Waals surface area contributed by atoms with Crippen LogP contribution < -0.4 is 0 Å². The summed E-state index contributed by atoms with van der Waals surface area (Å²) in [5.41, 5.74) is 2.38. The van der Waals surface area contributed by atoms with Crippen molar-refractivity contribution in [2.24, 2.45) is 7.05 Å². The number of aromatic nitrogens is 1. The zero-order valence-electron chi connectivity index (χ0n) is 12.9. The van der Waals surface area contributed by atoms with Crippen LogP contribution in [0.25, 0.3) is 10.9 Å². The van der Waals surface area contributed by atoms with Crippen LogP contribution in [-0.2, 0) is 13.6 Å². The molecule has 0 fully saturated rings. The largest absolute Gasteiger partial charge is 0.340 e. The van der Waals surface area contributed by atoms with Crippen LogP contribution in [0.15, 0.2) is 48.5 Å². The molecule has 3 nitrogen and oxygen atoms in total. The Kier molecular flexibility index (Phi) is 4.09. The monoisotopic (exact) mass is 330 g/mol. The molecule has 3 aromatic rings. The third kappa shape index (κ3) is 3.08. The van der Waals surface area contributed by atoms with Crippen molar-refractivity contribution < 1.29 is 9.18 Å². The van der Waals surface area contributed by atoms with Gasteiger partial charge in [0.05, 0.1) is 0 Å². The Balaban J connectivity index is 1.87. The van der Waals surface area contributed by atoms with Gasteiger partial charge in [-0.25, -0.2) is 4.39 Å². The summed E-state index contributed by atoms with van der Waals surface area (Å²) in [5.74, 6) is -0.377. The van der Waals surface area contributed by atoms with Crippen molar-refractivity contribution in [1.29, 1.82) is 0 Å². The fourth-order valence-electron chi connectivity index (χ4n) is 2.64. The van der Waals surface area contributed by atoms with Crippen molar-refractivity contribution in [3.63, 3.8) is 0 Å². The molecule has 0 aliphatic carbocycles. The molecule has 118 valence electrons. The van der Waals surface area contributed by atoms with Crippen LogP contribution in [-0.4, -0.2) is 22.4 Å². The van der Waals surface area contributed by atoms with E-state index < -0.39 is 0 Å². The molecule has 23 heavy (non-hydrogen) atoms. The molecule has 0 saturated carbocycles. The van der Waals surface area contributed by atoms with Crippen LogP contribution in [0.5, 0.6) is 0 Å². The van der Waals surface area contributed by atoms with E-state index in [0.717, 1.165) is 16.5 Å². The standard InChI is InChI=1S/C18H16ClFN2O/c1-21(11-12-3-7-15(20)8-4-12)18(23)17-9-13-5-6-14(19)10-16(13)22(17)2/h3-10H,11H2,1-2H3. The molecular formula is C18H16ClFN2O. The number of halogens is 2. The lowest BCUT2D eigenvalue weighted by Crippen LogP contribution is -2.27. The highest BCUT2D eigenvalue weighted by atomic mass is 35.5. The number of rotatable bonds is 3. The summed E-state index contributed by atoms with van der Waals surface area (Å²) in [5, 5.41) is 1.60. The Morgan fingerprint density at radius 2 is 1.87 bits per heavy atom. The van der Waals surface area contributed by atoms with E-state index in [2.05, 4.69) is 0 Å².